The van der Waals surface area contributed by atoms with Crippen LogP contribution in [0.3, 0.4) is 0 Å². The zero-order chi connectivity index (χ0) is 22.6. The summed E-state index contributed by atoms with van der Waals surface area (Å²) in [7, 11) is -0.540. The summed E-state index contributed by atoms with van der Waals surface area (Å²) in [6, 6.07) is 0. The molecule has 0 aromatic rings. The molecule has 1 aliphatic rings. The van der Waals surface area contributed by atoms with E-state index < -0.39 is 20.5 Å². The number of hydrogen-bond donors (Lipinski definition) is 0. The molecule has 1 saturated heterocycles. The van der Waals surface area contributed by atoms with Crippen molar-refractivity contribution in [2.24, 2.45) is 11.3 Å². The van der Waals surface area contributed by atoms with E-state index >= 15 is 0 Å². The fourth-order valence-corrected chi connectivity index (χ4v) is 6.36. The van der Waals surface area contributed by atoms with Gasteiger partial charge in [-0.1, -0.05) is 33.9 Å². The predicted octanol–water partition coefficient (Wildman–Crippen LogP) is 6.38. The Morgan fingerprint density at radius 3 is 2.07 bits per heavy atom. The molecule has 0 aliphatic carbocycles. The maximum Gasteiger partial charge on any atom is 0.513 e. The van der Waals surface area contributed by atoms with E-state index in [2.05, 4.69) is 50.3 Å². The van der Waals surface area contributed by atoms with Crippen molar-refractivity contribution in [3.05, 3.63) is 25.7 Å². The summed E-state index contributed by atoms with van der Waals surface area (Å²) in [6.07, 6.45) is 7.03. The average molecular weight is 445 g/mol. The quantitative estimate of drug-likeness (QED) is 0.150. The van der Waals surface area contributed by atoms with Gasteiger partial charge in [0.15, 0.2) is 0 Å². The predicted molar refractivity (Wildman–Crippen MR) is 117 cm³/mol. The van der Waals surface area contributed by atoms with Gasteiger partial charge in [0.1, 0.15) is 0 Å². The number of carbonyl (C=O) groups is 2. The number of rotatable bonds is 12. The molecule has 0 amide bonds. The van der Waals surface area contributed by atoms with Gasteiger partial charge in [-0.2, -0.15) is 0 Å². The lowest BCUT2D eigenvalue weighted by Crippen LogP contribution is -2.51. The van der Waals surface area contributed by atoms with Crippen LogP contribution in [0, 0.1) is 11.3 Å². The summed E-state index contributed by atoms with van der Waals surface area (Å²) in [4.78, 5) is 22.3. The molecule has 1 aliphatic heterocycles. The third-order valence-corrected chi connectivity index (χ3v) is 8.48. The van der Waals surface area contributed by atoms with Crippen LogP contribution in [0.25, 0.3) is 0 Å². The smallest absolute Gasteiger partial charge is 0.434 e. The normalized spacial score (nSPS) is 25.1. The van der Waals surface area contributed by atoms with Crippen molar-refractivity contribution in [3.63, 3.8) is 0 Å². The molecule has 0 aromatic carbocycles. The number of hydrogen-bond acceptors (Lipinski definition) is 7. The van der Waals surface area contributed by atoms with E-state index in [1.807, 2.05) is 0 Å². The minimum Gasteiger partial charge on any atom is -0.434 e. The van der Waals surface area contributed by atoms with Crippen LogP contribution in [-0.2, 0) is 23.5 Å². The van der Waals surface area contributed by atoms with Gasteiger partial charge in [-0.3, -0.25) is 0 Å². The third kappa shape index (κ3) is 8.27. The lowest BCUT2D eigenvalue weighted by molar-refractivity contribution is -0.0693. The van der Waals surface area contributed by atoms with Gasteiger partial charge in [0, 0.05) is 8.15 Å². The molecule has 0 radical (unpaired) electrons. The van der Waals surface area contributed by atoms with Crippen molar-refractivity contribution in [1.82, 2.24) is 0 Å². The third-order valence-electron chi connectivity index (χ3n) is 6.05. The van der Waals surface area contributed by atoms with Crippen molar-refractivity contribution >= 4 is 20.5 Å². The van der Waals surface area contributed by atoms with Gasteiger partial charge in [0.25, 0.3) is 0 Å². The van der Waals surface area contributed by atoms with Crippen molar-refractivity contribution in [2.45, 2.75) is 65.4 Å². The van der Waals surface area contributed by atoms with Crippen LogP contribution in [0.15, 0.2) is 25.7 Å². The SMILES string of the molecule is C=COC(=O)OCCCCP1CC(C)C(C)(C)C(C)(CCCCOC(=O)OC=C)O1. The Morgan fingerprint density at radius 1 is 1.00 bits per heavy atom. The Morgan fingerprint density at radius 2 is 1.53 bits per heavy atom. The highest BCUT2D eigenvalue weighted by Crippen LogP contribution is 2.59. The second-order valence-corrected chi connectivity index (χ2v) is 10.2. The molecular weight excluding hydrogens is 407 g/mol. The second kappa shape index (κ2) is 13.0. The fourth-order valence-electron chi connectivity index (χ4n) is 3.47. The Kier molecular flexibility index (Phi) is 11.4. The number of carbonyl (C=O) groups excluding carboxylic acids is 2. The Hall–Kier alpha value is -1.59. The van der Waals surface area contributed by atoms with Crippen LogP contribution in [0.4, 0.5) is 9.59 Å². The number of ether oxygens (including phenoxy) is 4. The topological polar surface area (TPSA) is 80.3 Å². The summed E-state index contributed by atoms with van der Waals surface area (Å²) >= 11 is 0. The van der Waals surface area contributed by atoms with E-state index in [0.717, 1.165) is 57.0 Å². The zero-order valence-corrected chi connectivity index (χ0v) is 19.7. The monoisotopic (exact) mass is 444 g/mol. The average Bonchev–Trinajstić information content (AvgIpc) is 2.66. The van der Waals surface area contributed by atoms with Gasteiger partial charge in [-0.05, 0) is 62.7 Å². The summed E-state index contributed by atoms with van der Waals surface area (Å²) in [5.41, 5.74) is -0.186. The summed E-state index contributed by atoms with van der Waals surface area (Å²) in [5.74, 6) is 0.542. The van der Waals surface area contributed by atoms with E-state index in [0.29, 0.717) is 19.1 Å². The minimum absolute atomic E-state index is 0.0476. The largest absolute Gasteiger partial charge is 0.513 e. The van der Waals surface area contributed by atoms with Crippen LogP contribution >= 0.6 is 8.15 Å². The van der Waals surface area contributed by atoms with Crippen molar-refractivity contribution < 1.29 is 33.1 Å². The first-order valence-corrected chi connectivity index (χ1v) is 12.1. The molecule has 30 heavy (non-hydrogen) atoms. The first kappa shape index (κ1) is 26.4. The molecule has 1 fully saturated rings. The van der Waals surface area contributed by atoms with Crippen LogP contribution in [0.1, 0.15) is 59.8 Å². The van der Waals surface area contributed by atoms with Crippen LogP contribution in [0.5, 0.6) is 0 Å². The van der Waals surface area contributed by atoms with Crippen LogP contribution < -0.4 is 0 Å². The lowest BCUT2D eigenvalue weighted by Gasteiger charge is -2.54. The van der Waals surface area contributed by atoms with E-state index in [1.165, 1.54) is 0 Å². The van der Waals surface area contributed by atoms with Crippen molar-refractivity contribution in [3.8, 4) is 0 Å². The van der Waals surface area contributed by atoms with Crippen molar-refractivity contribution in [2.75, 3.05) is 25.5 Å². The van der Waals surface area contributed by atoms with Gasteiger partial charge < -0.3 is 23.5 Å². The van der Waals surface area contributed by atoms with E-state index in [-0.39, 0.29) is 11.0 Å². The molecule has 7 nitrogen and oxygen atoms in total. The van der Waals surface area contributed by atoms with Crippen molar-refractivity contribution in [1.29, 1.82) is 0 Å². The Bertz CT molecular complexity index is 578. The fraction of sp³-hybridized carbons (Fsp3) is 0.727. The number of unbranched alkanes of at least 4 members (excludes halogenated alkanes) is 2. The highest BCUT2D eigenvalue weighted by molar-refractivity contribution is 7.52. The molecular formula is C22H37O7P. The molecule has 3 unspecified atom stereocenters. The molecule has 3 atom stereocenters. The van der Waals surface area contributed by atoms with Crippen LogP contribution in [-0.4, -0.2) is 43.4 Å². The molecule has 0 bridgehead atoms. The molecule has 0 saturated carbocycles. The molecule has 8 heteroatoms. The highest BCUT2D eigenvalue weighted by atomic mass is 31.1. The van der Waals surface area contributed by atoms with Gasteiger partial charge in [-0.25, -0.2) is 9.59 Å². The van der Waals surface area contributed by atoms with Gasteiger partial charge in [0.05, 0.1) is 31.3 Å². The molecule has 1 rings (SSSR count). The van der Waals surface area contributed by atoms with E-state index in [4.69, 9.17) is 14.0 Å². The Labute approximate surface area is 181 Å². The highest BCUT2D eigenvalue weighted by Gasteiger charge is 2.50. The molecule has 0 spiro atoms. The summed E-state index contributed by atoms with van der Waals surface area (Å²) in [6.45, 7) is 16.4. The minimum atomic E-state index is -0.718. The first-order valence-electron chi connectivity index (χ1n) is 10.5. The standard InChI is InChI=1S/C22H37O7P/c1-7-25-19(23)27-14-10-9-13-22(6)21(4,5)18(3)17-30(29-22)16-12-11-15-28-20(24)26-8-2/h7-8,18H,1-2,9-17H2,3-6H3. The van der Waals surface area contributed by atoms with Crippen LogP contribution in [0.2, 0.25) is 0 Å². The van der Waals surface area contributed by atoms with E-state index in [9.17, 15) is 9.59 Å². The van der Waals surface area contributed by atoms with Gasteiger partial charge in [-0.15, -0.1) is 0 Å². The van der Waals surface area contributed by atoms with E-state index in [1.54, 1.807) is 0 Å². The molecule has 0 aromatic heterocycles. The Balaban J connectivity index is 2.44. The van der Waals surface area contributed by atoms with Gasteiger partial charge in [0.2, 0.25) is 0 Å². The molecule has 0 N–H and O–H groups in total. The van der Waals surface area contributed by atoms with Gasteiger partial charge >= 0.3 is 12.3 Å². The molecule has 172 valence electrons. The zero-order valence-electron chi connectivity index (χ0n) is 18.8. The maximum atomic E-state index is 11.2. The first-order chi connectivity index (χ1) is 14.2. The molecule has 1 heterocycles. The second-order valence-electron chi connectivity index (χ2n) is 8.26. The maximum absolute atomic E-state index is 11.2. The summed E-state index contributed by atoms with van der Waals surface area (Å²) < 4.78 is 25.7. The lowest BCUT2D eigenvalue weighted by atomic mass is 9.66. The summed E-state index contributed by atoms with van der Waals surface area (Å²) in [5, 5.41) is 0.